The Morgan fingerprint density at radius 1 is 1.00 bits per heavy atom. The van der Waals surface area contributed by atoms with Gasteiger partial charge in [0, 0.05) is 0 Å². The van der Waals surface area contributed by atoms with Gasteiger partial charge in [-0.1, -0.05) is 0 Å². The Morgan fingerprint density at radius 3 is 1.00 bits per heavy atom. The summed E-state index contributed by atoms with van der Waals surface area (Å²) in [5, 5.41) is 0. The first-order valence-corrected chi connectivity index (χ1v) is 1.06. The van der Waals surface area contributed by atoms with Gasteiger partial charge in [0.15, 0.2) is 0 Å². The third-order valence-electron chi connectivity index (χ3n) is 0. The van der Waals surface area contributed by atoms with Gasteiger partial charge in [0.05, 0.1) is 0 Å². The van der Waals surface area contributed by atoms with Gasteiger partial charge in [-0.15, -0.1) is 0 Å². The minimum atomic E-state index is 0. The van der Waals surface area contributed by atoms with Gasteiger partial charge in [-0.3, -0.25) is 0 Å². The van der Waals surface area contributed by atoms with Gasteiger partial charge in [-0.2, -0.15) is 0 Å². The predicted octanol–water partition coefficient (Wildman–Crippen LogP) is -0.831. The minimum absolute atomic E-state index is 0. The molecule has 0 aliphatic heterocycles. The molecule has 0 amide bonds. The fraction of sp³-hybridized carbons (Fsp3) is 0. The van der Waals surface area contributed by atoms with Crippen molar-refractivity contribution in [2.75, 3.05) is 0 Å². The van der Waals surface area contributed by atoms with Crippen LogP contribution in [0, 0.1) is 0 Å². The van der Waals surface area contributed by atoms with E-state index in [1.54, 1.807) is 0 Å². The Hall–Kier alpha value is 0.464. The molecule has 0 atom stereocenters. The van der Waals surface area contributed by atoms with E-state index in [1.165, 1.54) is 0 Å². The Bertz CT molecular complexity index is 6.00. The van der Waals surface area contributed by atoms with Crippen molar-refractivity contribution in [3.05, 3.63) is 0 Å². The monoisotopic (exact) mass is 99.0 g/mol. The molecular weight excluding hydrogens is 96.9 g/mol. The Labute approximate surface area is 34.0 Å². The first-order valence-electron chi connectivity index (χ1n) is 0.258. The zero-order valence-corrected chi connectivity index (χ0v) is 3.24. The van der Waals surface area contributed by atoms with Crippen LogP contribution in [0.15, 0.2) is 0 Å². The quantitative estimate of drug-likeness (QED) is 0.422. The summed E-state index contributed by atoms with van der Waals surface area (Å²) in [7, 11) is 0. The van der Waals surface area contributed by atoms with Gasteiger partial charge >= 0.3 is 22.2 Å². The molecule has 0 spiro atoms. The molecule has 0 unspecified atom stereocenters. The summed E-state index contributed by atoms with van der Waals surface area (Å²) in [4.78, 5) is 0. The van der Waals surface area contributed by atoms with E-state index in [0.29, 0.717) is 0 Å². The largest absolute Gasteiger partial charge is 2.00 e. The van der Waals surface area contributed by atoms with Crippen LogP contribution in [0.3, 0.4) is 0 Å². The molecule has 24 valence electrons. The summed E-state index contributed by atoms with van der Waals surface area (Å²) in [5.41, 5.74) is 0. The molecule has 0 aliphatic rings. The smallest absolute Gasteiger partial charge is 2.00 e. The van der Waals surface area contributed by atoms with Crippen molar-refractivity contribution in [3.8, 4) is 0 Å². The van der Waals surface area contributed by atoms with Gasteiger partial charge < -0.3 is 11.0 Å². The molecule has 0 aromatic rings. The van der Waals surface area contributed by atoms with Crippen molar-refractivity contribution in [1.82, 2.24) is 0 Å². The normalized spacial score (nSPS) is 1.75. The number of hydrogen-bond donors (Lipinski definition) is 1. The second kappa shape index (κ2) is 97.6. The van der Waals surface area contributed by atoms with Gasteiger partial charge in [-0.05, 0) is 0 Å². The van der Waals surface area contributed by atoms with E-state index in [-0.39, 0.29) is 11.0 Å². The third kappa shape index (κ3) is 24.5. The van der Waals surface area contributed by atoms with E-state index in [2.05, 4.69) is 4.58 Å². The molecule has 0 fully saturated rings. The van der Waals surface area contributed by atoms with Crippen LogP contribution in [-0.4, -0.2) is 0 Å². The molecule has 0 aromatic carbocycles. The molecule has 0 saturated carbocycles. The van der Waals surface area contributed by atoms with Crippen molar-refractivity contribution in [2.24, 2.45) is 4.58 Å². The standard InChI is InChI=1S/H2N.2O.V/h1H2;;;/q-1;2*-2;+5. The van der Waals surface area contributed by atoms with Gasteiger partial charge in [0.2, 0.25) is 0 Å². The average molecular weight is 99.0 g/mol. The Kier molecular flexibility index (Phi) is 609. The average Bonchev–Trinajstić information content (AvgIpc) is 1.00. The van der Waals surface area contributed by atoms with Crippen molar-refractivity contribution in [2.45, 2.75) is 0 Å². The van der Waals surface area contributed by atoms with Crippen molar-refractivity contribution >= 4 is 0 Å². The predicted molar refractivity (Wildman–Crippen MR) is 5.56 cm³/mol. The fourth-order valence-electron chi connectivity index (χ4n) is 0. The molecule has 0 aromatic heterocycles. The van der Waals surface area contributed by atoms with E-state index in [0.717, 1.165) is 0 Å². The number of hydrogen-bond acceptors (Lipinski definition) is 1. The molecule has 0 rings (SSSR count). The summed E-state index contributed by atoms with van der Waals surface area (Å²) in [5.74, 6) is 0. The molecule has 3 nitrogen and oxygen atoms in total. The van der Waals surface area contributed by atoms with Crippen LogP contribution >= 0.6 is 0 Å². The van der Waals surface area contributed by atoms with Crippen molar-refractivity contribution in [3.63, 3.8) is 0 Å². The Morgan fingerprint density at radius 2 is 1.00 bits per heavy atom. The molecule has 0 bridgehead atoms. The van der Waals surface area contributed by atoms with Crippen LogP contribution in [0.1, 0.15) is 0 Å². The number of rotatable bonds is 0. The fourth-order valence-corrected chi connectivity index (χ4v) is 0. The van der Waals surface area contributed by atoms with Crippen LogP contribution in [0.4, 0.5) is 0 Å². The maximum absolute atomic E-state index is 4.44. The maximum atomic E-state index is 4.44. The number of nitrogens with two attached hydrogens (primary N) is 1. The third-order valence-corrected chi connectivity index (χ3v) is 0. The van der Waals surface area contributed by atoms with Crippen molar-refractivity contribution < 1.29 is 28.6 Å². The molecule has 0 radical (unpaired) electrons. The SMILES string of the molecule is [NH2][V+4].[O-2].[O-2]. The van der Waals surface area contributed by atoms with Gasteiger partial charge in [-0.25, -0.2) is 0 Å². The topological polar surface area (TPSA) is 83.0 Å². The molecule has 0 heterocycles. The molecule has 4 heteroatoms. The van der Waals surface area contributed by atoms with E-state index >= 15 is 0 Å². The first-order chi connectivity index (χ1) is 1.00. The maximum Gasteiger partial charge on any atom is -2.00 e. The molecule has 0 aliphatic carbocycles. The van der Waals surface area contributed by atoms with Crippen molar-refractivity contribution in [1.29, 1.82) is 0 Å². The molecule has 0 saturated heterocycles. The zero-order chi connectivity index (χ0) is 2.00. The van der Waals surface area contributed by atoms with Crippen LogP contribution in [0.2, 0.25) is 0 Å². The van der Waals surface area contributed by atoms with E-state index < -0.39 is 0 Å². The molecular formula is H2NO2V. The van der Waals surface area contributed by atoms with Crippen LogP contribution in [-0.2, 0) is 28.6 Å². The van der Waals surface area contributed by atoms with Gasteiger partial charge in [0.1, 0.15) is 0 Å². The van der Waals surface area contributed by atoms with E-state index in [9.17, 15) is 0 Å². The summed E-state index contributed by atoms with van der Waals surface area (Å²) in [6.07, 6.45) is 0. The van der Waals surface area contributed by atoms with Crippen LogP contribution in [0.5, 0.6) is 0 Å². The second-order valence-corrected chi connectivity index (χ2v) is 0. The van der Waals surface area contributed by atoms with Gasteiger partial charge in [0.25, 0.3) is 0 Å². The van der Waals surface area contributed by atoms with Crippen LogP contribution < -0.4 is 4.58 Å². The summed E-state index contributed by atoms with van der Waals surface area (Å²) >= 11 is 1.81. The molecule has 4 heavy (non-hydrogen) atoms. The molecule has 2 N–H and O–H groups in total. The minimum Gasteiger partial charge on any atom is -2.00 e. The summed E-state index contributed by atoms with van der Waals surface area (Å²) in [6, 6.07) is 0. The zero-order valence-electron chi connectivity index (χ0n) is 1.84. The second-order valence-electron chi connectivity index (χ2n) is 0. The Balaban J connectivity index is -0.00000000500. The summed E-state index contributed by atoms with van der Waals surface area (Å²) in [6.45, 7) is 0. The summed E-state index contributed by atoms with van der Waals surface area (Å²) < 4.78 is 4.44. The van der Waals surface area contributed by atoms with E-state index in [4.69, 9.17) is 0 Å². The van der Waals surface area contributed by atoms with E-state index in [1.807, 2.05) is 17.7 Å². The van der Waals surface area contributed by atoms with Crippen LogP contribution in [0.25, 0.3) is 0 Å². The first kappa shape index (κ1) is 25.0.